The maximum absolute atomic E-state index is 13.8. The molecule has 2 heterocycles. The van der Waals surface area contributed by atoms with E-state index in [0.717, 1.165) is 29.3 Å². The minimum atomic E-state index is -0.796. The lowest BCUT2D eigenvalue weighted by atomic mass is 10.0. The first-order valence-electron chi connectivity index (χ1n) is 10.6. The first-order chi connectivity index (χ1) is 16.5. The molecule has 0 saturated heterocycles. The van der Waals surface area contributed by atoms with Crippen molar-refractivity contribution >= 4 is 40.1 Å². The number of carbonyl (C=O) groups is 2. The summed E-state index contributed by atoms with van der Waals surface area (Å²) in [5.41, 5.74) is 2.99. The van der Waals surface area contributed by atoms with Gasteiger partial charge in [-0.2, -0.15) is 0 Å². The first kappa shape index (κ1) is 21.5. The number of halogens is 2. The van der Waals surface area contributed by atoms with E-state index in [2.05, 4.69) is 5.32 Å². The van der Waals surface area contributed by atoms with Crippen molar-refractivity contribution < 1.29 is 27.5 Å². The fraction of sp³-hybridized carbons (Fsp3) is 0.115. The van der Waals surface area contributed by atoms with E-state index in [4.69, 9.17) is 14.1 Å². The molecule has 170 valence electrons. The Morgan fingerprint density at radius 1 is 1.09 bits per heavy atom. The van der Waals surface area contributed by atoms with Gasteiger partial charge in [0.2, 0.25) is 0 Å². The zero-order valence-corrected chi connectivity index (χ0v) is 17.8. The Labute approximate surface area is 192 Å². The first-order valence-corrected chi connectivity index (χ1v) is 10.6. The average Bonchev–Trinajstić information content (AvgIpc) is 3.49. The summed E-state index contributed by atoms with van der Waals surface area (Å²) < 4.78 is 37.8. The number of ether oxygens (including phenoxy) is 1. The van der Waals surface area contributed by atoms with E-state index in [1.807, 2.05) is 18.2 Å². The number of nitrogens with zero attached hydrogens (tertiary/aromatic N) is 1. The normalized spacial score (nSPS) is 13.8. The topological polar surface area (TPSA) is 81.4 Å². The van der Waals surface area contributed by atoms with Gasteiger partial charge in [0.1, 0.15) is 17.4 Å². The lowest BCUT2D eigenvalue weighted by molar-refractivity contribution is -0.119. The van der Waals surface area contributed by atoms with Gasteiger partial charge in [-0.15, -0.1) is 0 Å². The van der Waals surface area contributed by atoms with Gasteiger partial charge in [-0.3, -0.25) is 4.79 Å². The molecule has 34 heavy (non-hydrogen) atoms. The van der Waals surface area contributed by atoms with Gasteiger partial charge >= 0.3 is 5.97 Å². The number of amides is 1. The second-order valence-corrected chi connectivity index (χ2v) is 7.76. The van der Waals surface area contributed by atoms with Crippen molar-refractivity contribution in [2.24, 2.45) is 0 Å². The molecule has 0 radical (unpaired) electrons. The standard InChI is InChI=1S/C26H18F2N2O4/c27-16-8-10-20(28)22(13-16)29-23(31)14-34-26(32)24-18-5-1-2-6-21(18)30-25-15(7-9-19(24)25)12-17-4-3-11-33-17/h1-6,8,10-13H,7,9,14H2,(H,29,31)/b15-12+. The van der Waals surface area contributed by atoms with Gasteiger partial charge in [-0.1, -0.05) is 18.2 Å². The molecular formula is C26H18F2N2O4. The van der Waals surface area contributed by atoms with Crippen molar-refractivity contribution in [3.63, 3.8) is 0 Å². The van der Waals surface area contributed by atoms with Crippen LogP contribution in [0.2, 0.25) is 0 Å². The van der Waals surface area contributed by atoms with E-state index in [9.17, 15) is 18.4 Å². The third-order valence-corrected chi connectivity index (χ3v) is 5.54. The summed E-state index contributed by atoms with van der Waals surface area (Å²) in [7, 11) is 0. The maximum atomic E-state index is 13.8. The number of rotatable bonds is 5. The summed E-state index contributed by atoms with van der Waals surface area (Å²) >= 11 is 0. The molecule has 0 saturated carbocycles. The van der Waals surface area contributed by atoms with Crippen LogP contribution in [-0.2, 0) is 16.0 Å². The van der Waals surface area contributed by atoms with Crippen LogP contribution in [0, 0.1) is 11.6 Å². The number of allylic oxidation sites excluding steroid dienone is 1. The number of nitrogens with one attached hydrogen (secondary N) is 1. The van der Waals surface area contributed by atoms with Crippen LogP contribution in [0.1, 0.15) is 33.8 Å². The zero-order chi connectivity index (χ0) is 23.7. The number of anilines is 1. The number of pyridine rings is 1. The summed E-state index contributed by atoms with van der Waals surface area (Å²) in [6, 6.07) is 13.5. The van der Waals surface area contributed by atoms with Crippen LogP contribution in [0.15, 0.2) is 65.3 Å². The number of para-hydroxylation sites is 1. The smallest absolute Gasteiger partial charge is 0.339 e. The van der Waals surface area contributed by atoms with Crippen molar-refractivity contribution in [3.05, 3.63) is 95.1 Å². The third kappa shape index (κ3) is 4.17. The predicted molar refractivity (Wildman–Crippen MR) is 122 cm³/mol. The minimum absolute atomic E-state index is 0.330. The molecule has 1 aliphatic rings. The van der Waals surface area contributed by atoms with E-state index >= 15 is 0 Å². The SMILES string of the molecule is O=C(COC(=O)c1c2c(nc3ccccc13)/C(=C/c1ccco1)CC2)Nc1cc(F)ccc1F. The average molecular weight is 460 g/mol. The van der Waals surface area contributed by atoms with Crippen LogP contribution in [0.3, 0.4) is 0 Å². The van der Waals surface area contributed by atoms with E-state index in [-0.39, 0.29) is 5.69 Å². The highest BCUT2D eigenvalue weighted by atomic mass is 19.1. The number of furan rings is 1. The van der Waals surface area contributed by atoms with Crippen LogP contribution >= 0.6 is 0 Å². The molecule has 1 aliphatic carbocycles. The highest BCUT2D eigenvalue weighted by molar-refractivity contribution is 6.08. The van der Waals surface area contributed by atoms with Gasteiger partial charge in [0.25, 0.3) is 5.91 Å². The number of benzene rings is 2. The minimum Gasteiger partial charge on any atom is -0.465 e. The summed E-state index contributed by atoms with van der Waals surface area (Å²) in [4.78, 5) is 30.1. The Balaban J connectivity index is 1.42. The molecule has 6 nitrogen and oxygen atoms in total. The van der Waals surface area contributed by atoms with Crippen molar-refractivity contribution in [2.75, 3.05) is 11.9 Å². The summed E-state index contributed by atoms with van der Waals surface area (Å²) in [5.74, 6) is -2.29. The van der Waals surface area contributed by atoms with E-state index in [0.29, 0.717) is 40.8 Å². The molecule has 0 bridgehead atoms. The molecule has 0 aliphatic heterocycles. The molecular weight excluding hydrogens is 442 g/mol. The predicted octanol–water partition coefficient (Wildman–Crippen LogP) is 5.39. The molecule has 8 heteroatoms. The fourth-order valence-electron chi connectivity index (χ4n) is 4.04. The van der Waals surface area contributed by atoms with Crippen LogP contribution < -0.4 is 5.32 Å². The number of fused-ring (bicyclic) bond motifs is 2. The molecule has 5 rings (SSSR count). The molecule has 2 aromatic carbocycles. The number of esters is 1. The number of aromatic nitrogens is 1. The Bertz CT molecular complexity index is 1440. The van der Waals surface area contributed by atoms with Gasteiger partial charge < -0.3 is 14.5 Å². The van der Waals surface area contributed by atoms with Gasteiger partial charge in [-0.25, -0.2) is 18.6 Å². The summed E-state index contributed by atoms with van der Waals surface area (Å²) in [6.45, 7) is -0.657. The second kappa shape index (κ2) is 8.90. The Morgan fingerprint density at radius 3 is 2.76 bits per heavy atom. The molecule has 2 aromatic heterocycles. The summed E-state index contributed by atoms with van der Waals surface area (Å²) in [6.07, 6.45) is 4.72. The Morgan fingerprint density at radius 2 is 1.94 bits per heavy atom. The van der Waals surface area contributed by atoms with Gasteiger partial charge in [0.05, 0.1) is 28.7 Å². The number of hydrogen-bond donors (Lipinski definition) is 1. The molecule has 1 amide bonds. The Kier molecular flexibility index (Phi) is 5.63. The molecule has 0 fully saturated rings. The monoisotopic (exact) mass is 460 g/mol. The van der Waals surface area contributed by atoms with Crippen LogP contribution in [0.4, 0.5) is 14.5 Å². The molecule has 0 unspecified atom stereocenters. The van der Waals surface area contributed by atoms with Gasteiger partial charge in [0, 0.05) is 11.5 Å². The molecule has 4 aromatic rings. The van der Waals surface area contributed by atoms with Gasteiger partial charge in [-0.05, 0) is 60.4 Å². The molecule has 1 N–H and O–H groups in total. The van der Waals surface area contributed by atoms with Crippen molar-refractivity contribution in [1.29, 1.82) is 0 Å². The molecule has 0 spiro atoms. The lowest BCUT2D eigenvalue weighted by Gasteiger charge is -2.12. The summed E-state index contributed by atoms with van der Waals surface area (Å²) in [5, 5.41) is 2.83. The highest BCUT2D eigenvalue weighted by Gasteiger charge is 2.28. The third-order valence-electron chi connectivity index (χ3n) is 5.54. The van der Waals surface area contributed by atoms with Gasteiger partial charge in [0.15, 0.2) is 6.61 Å². The zero-order valence-electron chi connectivity index (χ0n) is 17.8. The molecule has 0 atom stereocenters. The van der Waals surface area contributed by atoms with Crippen LogP contribution in [-0.4, -0.2) is 23.5 Å². The van der Waals surface area contributed by atoms with Crippen molar-refractivity contribution in [3.8, 4) is 0 Å². The Hall–Kier alpha value is -4.33. The second-order valence-electron chi connectivity index (χ2n) is 7.76. The van der Waals surface area contributed by atoms with E-state index in [1.165, 1.54) is 0 Å². The maximum Gasteiger partial charge on any atom is 0.339 e. The lowest BCUT2D eigenvalue weighted by Crippen LogP contribution is -2.22. The number of hydrogen-bond acceptors (Lipinski definition) is 5. The van der Waals surface area contributed by atoms with E-state index < -0.39 is 30.1 Å². The number of carbonyl (C=O) groups excluding carboxylic acids is 2. The van der Waals surface area contributed by atoms with Crippen molar-refractivity contribution in [2.45, 2.75) is 12.8 Å². The highest BCUT2D eigenvalue weighted by Crippen LogP contribution is 2.37. The van der Waals surface area contributed by atoms with Crippen LogP contribution in [0.25, 0.3) is 22.6 Å². The van der Waals surface area contributed by atoms with Crippen LogP contribution in [0.5, 0.6) is 0 Å². The quantitative estimate of drug-likeness (QED) is 0.404. The fourth-order valence-corrected chi connectivity index (χ4v) is 4.04. The van der Waals surface area contributed by atoms with Crippen molar-refractivity contribution in [1.82, 2.24) is 4.98 Å². The largest absolute Gasteiger partial charge is 0.465 e. The van der Waals surface area contributed by atoms with E-state index in [1.54, 1.807) is 30.5 Å².